The third-order valence-electron chi connectivity index (χ3n) is 5.22. The van der Waals surface area contributed by atoms with E-state index in [1.54, 1.807) is 12.1 Å². The molecule has 3 aromatic rings. The van der Waals surface area contributed by atoms with Gasteiger partial charge in [-0.1, -0.05) is 31.1 Å². The lowest BCUT2D eigenvalue weighted by Crippen LogP contribution is -2.19. The first kappa shape index (κ1) is 17.7. The van der Waals surface area contributed by atoms with Crippen molar-refractivity contribution >= 4 is 0 Å². The highest BCUT2D eigenvalue weighted by Gasteiger charge is 2.25. The largest absolute Gasteiger partial charge is 0.508 e. The molecule has 0 bridgehead atoms. The van der Waals surface area contributed by atoms with Crippen LogP contribution in [0.1, 0.15) is 49.1 Å². The van der Waals surface area contributed by atoms with Gasteiger partial charge in [-0.25, -0.2) is 0 Å². The van der Waals surface area contributed by atoms with E-state index in [4.69, 9.17) is 4.52 Å². The molecule has 5 nitrogen and oxygen atoms in total. The van der Waals surface area contributed by atoms with Crippen molar-refractivity contribution in [1.82, 2.24) is 15.0 Å². The summed E-state index contributed by atoms with van der Waals surface area (Å²) in [4.78, 5) is 6.90. The standard InChI is InChI=1S/C22H25N3O2/c1-15(2)21-12-20(27-24-21)14-25-9-7-18(13-25)16-6-8-23-22(11-16)17-4-3-5-19(26)10-17/h3-6,8,10-12,15,18,26H,7,9,13-14H2,1-2H3/t18-/m0/s1. The molecule has 0 aliphatic carbocycles. The fourth-order valence-electron chi connectivity index (χ4n) is 3.67. The summed E-state index contributed by atoms with van der Waals surface area (Å²) < 4.78 is 5.49. The van der Waals surface area contributed by atoms with Crippen molar-refractivity contribution in [3.63, 3.8) is 0 Å². The Labute approximate surface area is 159 Å². The Morgan fingerprint density at radius 1 is 1.22 bits per heavy atom. The second-order valence-corrected chi connectivity index (χ2v) is 7.62. The number of hydrogen-bond donors (Lipinski definition) is 1. The van der Waals surface area contributed by atoms with Crippen molar-refractivity contribution in [3.8, 4) is 17.0 Å². The number of nitrogens with zero attached hydrogens (tertiary/aromatic N) is 3. The molecule has 1 saturated heterocycles. The Balaban J connectivity index is 1.45. The third kappa shape index (κ3) is 4.03. The minimum atomic E-state index is 0.263. The maximum atomic E-state index is 9.72. The predicted molar refractivity (Wildman–Crippen MR) is 105 cm³/mol. The predicted octanol–water partition coefficient (Wildman–Crippen LogP) is 4.56. The first-order valence-electron chi connectivity index (χ1n) is 9.51. The van der Waals surface area contributed by atoms with Gasteiger partial charge in [0.05, 0.1) is 17.9 Å². The number of phenolic OH excluding ortho intramolecular Hbond substituents is 1. The van der Waals surface area contributed by atoms with E-state index in [0.29, 0.717) is 11.8 Å². The van der Waals surface area contributed by atoms with Crippen LogP contribution >= 0.6 is 0 Å². The lowest BCUT2D eigenvalue weighted by Gasteiger charge is -2.15. The molecule has 0 amide bonds. The van der Waals surface area contributed by atoms with Gasteiger partial charge in [0.1, 0.15) is 5.75 Å². The summed E-state index contributed by atoms with van der Waals surface area (Å²) in [6.45, 7) is 7.11. The summed E-state index contributed by atoms with van der Waals surface area (Å²) in [5.74, 6) is 2.08. The van der Waals surface area contributed by atoms with Gasteiger partial charge in [0, 0.05) is 24.4 Å². The molecule has 1 aliphatic rings. The van der Waals surface area contributed by atoms with Crippen LogP contribution in [0.25, 0.3) is 11.3 Å². The third-order valence-corrected chi connectivity index (χ3v) is 5.22. The van der Waals surface area contributed by atoms with E-state index in [-0.39, 0.29) is 5.75 Å². The molecular weight excluding hydrogens is 338 g/mol. The molecule has 4 rings (SSSR count). The van der Waals surface area contributed by atoms with E-state index in [1.165, 1.54) is 5.56 Å². The molecule has 0 saturated carbocycles. The van der Waals surface area contributed by atoms with E-state index < -0.39 is 0 Å². The minimum Gasteiger partial charge on any atom is -0.508 e. The number of hydrogen-bond acceptors (Lipinski definition) is 5. The first-order valence-corrected chi connectivity index (χ1v) is 9.51. The van der Waals surface area contributed by atoms with E-state index in [2.05, 4.69) is 47.1 Å². The minimum absolute atomic E-state index is 0.263. The maximum absolute atomic E-state index is 9.72. The topological polar surface area (TPSA) is 62.4 Å². The highest BCUT2D eigenvalue weighted by molar-refractivity contribution is 5.61. The Morgan fingerprint density at radius 3 is 2.89 bits per heavy atom. The molecule has 3 heterocycles. The summed E-state index contributed by atoms with van der Waals surface area (Å²) >= 11 is 0. The average molecular weight is 363 g/mol. The Hall–Kier alpha value is -2.66. The quantitative estimate of drug-likeness (QED) is 0.720. The molecule has 0 spiro atoms. The van der Waals surface area contributed by atoms with Gasteiger partial charge in [-0.3, -0.25) is 9.88 Å². The van der Waals surface area contributed by atoms with Crippen LogP contribution in [0.5, 0.6) is 5.75 Å². The highest BCUT2D eigenvalue weighted by atomic mass is 16.5. The van der Waals surface area contributed by atoms with Crippen molar-refractivity contribution in [2.24, 2.45) is 0 Å². The van der Waals surface area contributed by atoms with Crippen LogP contribution in [-0.2, 0) is 6.54 Å². The number of benzene rings is 1. The van der Waals surface area contributed by atoms with Crippen LogP contribution in [0.4, 0.5) is 0 Å². The smallest absolute Gasteiger partial charge is 0.150 e. The Bertz CT molecular complexity index is 919. The lowest BCUT2D eigenvalue weighted by atomic mass is 9.97. The molecule has 0 radical (unpaired) electrons. The van der Waals surface area contributed by atoms with Gasteiger partial charge in [-0.05, 0) is 54.6 Å². The number of aromatic hydroxyl groups is 1. The number of phenols is 1. The fourth-order valence-corrected chi connectivity index (χ4v) is 3.67. The molecule has 1 aliphatic heterocycles. The van der Waals surface area contributed by atoms with Gasteiger partial charge in [0.25, 0.3) is 0 Å². The van der Waals surface area contributed by atoms with Crippen molar-refractivity contribution < 1.29 is 9.63 Å². The van der Waals surface area contributed by atoms with Crippen LogP contribution in [0.2, 0.25) is 0 Å². The number of aromatic nitrogens is 2. The molecular formula is C22H25N3O2. The summed E-state index contributed by atoms with van der Waals surface area (Å²) in [5, 5.41) is 13.9. The lowest BCUT2D eigenvalue weighted by molar-refractivity contribution is 0.270. The zero-order valence-electron chi connectivity index (χ0n) is 15.8. The van der Waals surface area contributed by atoms with Gasteiger partial charge in [-0.2, -0.15) is 0 Å². The second kappa shape index (κ2) is 7.53. The number of likely N-dealkylation sites (tertiary alicyclic amines) is 1. The van der Waals surface area contributed by atoms with Crippen LogP contribution in [-0.4, -0.2) is 33.2 Å². The first-order chi connectivity index (χ1) is 13.1. The zero-order chi connectivity index (χ0) is 18.8. The van der Waals surface area contributed by atoms with E-state index in [1.807, 2.05) is 18.3 Å². The SMILES string of the molecule is CC(C)c1cc(CN2CC[C@H](c3ccnc(-c4cccc(O)c4)c3)C2)on1. The summed E-state index contributed by atoms with van der Waals surface area (Å²) in [7, 11) is 0. The Morgan fingerprint density at radius 2 is 2.11 bits per heavy atom. The van der Waals surface area contributed by atoms with E-state index in [9.17, 15) is 5.11 Å². The number of rotatable bonds is 5. The van der Waals surface area contributed by atoms with Crippen LogP contribution in [0.15, 0.2) is 53.2 Å². The van der Waals surface area contributed by atoms with Gasteiger partial charge in [0.2, 0.25) is 0 Å². The zero-order valence-corrected chi connectivity index (χ0v) is 15.8. The summed E-state index contributed by atoms with van der Waals surface area (Å²) in [6, 6.07) is 13.6. The molecule has 1 aromatic carbocycles. The average Bonchev–Trinajstić information content (AvgIpc) is 3.32. The van der Waals surface area contributed by atoms with Gasteiger partial charge < -0.3 is 9.63 Å². The fraction of sp³-hybridized carbons (Fsp3) is 0.364. The molecule has 140 valence electrons. The Kier molecular flexibility index (Phi) is 4.94. The molecule has 0 unspecified atom stereocenters. The van der Waals surface area contributed by atoms with Crippen molar-refractivity contribution in [2.45, 2.75) is 38.6 Å². The van der Waals surface area contributed by atoms with Gasteiger partial charge in [0.15, 0.2) is 5.76 Å². The van der Waals surface area contributed by atoms with Crippen LogP contribution < -0.4 is 0 Å². The molecule has 5 heteroatoms. The van der Waals surface area contributed by atoms with Crippen molar-refractivity contribution in [1.29, 1.82) is 0 Å². The maximum Gasteiger partial charge on any atom is 0.150 e. The van der Waals surface area contributed by atoms with Gasteiger partial charge in [-0.15, -0.1) is 0 Å². The van der Waals surface area contributed by atoms with Crippen LogP contribution in [0.3, 0.4) is 0 Å². The van der Waals surface area contributed by atoms with Crippen molar-refractivity contribution in [3.05, 3.63) is 65.7 Å². The normalized spacial score (nSPS) is 17.7. The summed E-state index contributed by atoms with van der Waals surface area (Å²) in [6.07, 6.45) is 2.98. The molecule has 27 heavy (non-hydrogen) atoms. The molecule has 1 atom stereocenters. The molecule has 1 fully saturated rings. The van der Waals surface area contributed by atoms with Crippen molar-refractivity contribution in [2.75, 3.05) is 13.1 Å². The van der Waals surface area contributed by atoms with Gasteiger partial charge >= 0.3 is 0 Å². The van der Waals surface area contributed by atoms with Crippen LogP contribution in [0, 0.1) is 0 Å². The summed E-state index contributed by atoms with van der Waals surface area (Å²) in [5.41, 5.74) is 4.16. The van der Waals surface area contributed by atoms with E-state index in [0.717, 1.165) is 48.8 Å². The monoisotopic (exact) mass is 363 g/mol. The second-order valence-electron chi connectivity index (χ2n) is 7.62. The van der Waals surface area contributed by atoms with E-state index >= 15 is 0 Å². The highest BCUT2D eigenvalue weighted by Crippen LogP contribution is 2.31. The number of pyridine rings is 1. The molecule has 2 aromatic heterocycles. The molecule has 1 N–H and O–H groups in total.